The van der Waals surface area contributed by atoms with Gasteiger partial charge in [-0.05, 0) is 54.5 Å². The van der Waals surface area contributed by atoms with Crippen LogP contribution in [0, 0.1) is 0 Å². The maximum absolute atomic E-state index is 13.0. The molecule has 0 saturated carbocycles. The fourth-order valence-corrected chi connectivity index (χ4v) is 5.98. The van der Waals surface area contributed by atoms with Crippen LogP contribution in [0.4, 0.5) is 5.82 Å². The van der Waals surface area contributed by atoms with Crippen molar-refractivity contribution in [3.63, 3.8) is 0 Å². The van der Waals surface area contributed by atoms with E-state index in [9.17, 15) is 4.79 Å². The van der Waals surface area contributed by atoms with Crippen molar-refractivity contribution in [2.45, 2.75) is 51.1 Å². The van der Waals surface area contributed by atoms with Crippen molar-refractivity contribution in [1.29, 1.82) is 0 Å². The average Bonchev–Trinajstić information content (AvgIpc) is 3.36. The van der Waals surface area contributed by atoms with Crippen LogP contribution in [0.25, 0.3) is 11.0 Å². The van der Waals surface area contributed by atoms with Gasteiger partial charge in [0.15, 0.2) is 0 Å². The maximum atomic E-state index is 13.0. The number of rotatable bonds is 5. The Labute approximate surface area is 195 Å². The number of carbonyl (C=O) groups is 1. The number of nitrogens with zero attached hydrogens (tertiary/aromatic N) is 4. The number of carbonyl (C=O) groups excluding carboxylic acids is 1. The number of nitrogens with one attached hydrogen (secondary N) is 1. The largest absolute Gasteiger partial charge is 0.332 e. The fourth-order valence-electron chi connectivity index (χ4n) is 5.98. The predicted octanol–water partition coefficient (Wildman–Crippen LogP) is 3.38. The van der Waals surface area contributed by atoms with Crippen molar-refractivity contribution in [2.75, 3.05) is 31.1 Å². The summed E-state index contributed by atoms with van der Waals surface area (Å²) in [6.07, 6.45) is 5.59. The average molecular weight is 444 g/mol. The smallest absolute Gasteiger partial charge is 0.242 e. The first-order valence-corrected chi connectivity index (χ1v) is 12.5. The van der Waals surface area contributed by atoms with Gasteiger partial charge in [-0.15, -0.1) is 0 Å². The van der Waals surface area contributed by atoms with Crippen LogP contribution < -0.4 is 10.2 Å². The summed E-state index contributed by atoms with van der Waals surface area (Å²) in [6, 6.07) is 14.2. The number of fused-ring (bicyclic) bond motifs is 6. The lowest BCUT2D eigenvalue weighted by Crippen LogP contribution is -2.51. The fraction of sp³-hybridized carbons (Fsp3) is 0.481. The highest BCUT2D eigenvalue weighted by Crippen LogP contribution is 2.41. The number of amides is 1. The van der Waals surface area contributed by atoms with Gasteiger partial charge in [-0.2, -0.15) is 0 Å². The van der Waals surface area contributed by atoms with Gasteiger partial charge in [-0.3, -0.25) is 14.6 Å². The second-order valence-corrected chi connectivity index (χ2v) is 9.90. The van der Waals surface area contributed by atoms with Crippen LogP contribution in [-0.2, 0) is 31.1 Å². The Kier molecular flexibility index (Phi) is 5.23. The molecule has 3 aliphatic rings. The van der Waals surface area contributed by atoms with Gasteiger partial charge in [0.1, 0.15) is 11.5 Å². The number of piperazine rings is 1. The molecule has 6 rings (SSSR count). The molecule has 2 bridgehead atoms. The molecule has 172 valence electrons. The Balaban J connectivity index is 1.16. The summed E-state index contributed by atoms with van der Waals surface area (Å²) < 4.78 is 2.27. The number of aryl methyl sites for hydroxylation is 2. The molecule has 2 fully saturated rings. The van der Waals surface area contributed by atoms with E-state index in [4.69, 9.17) is 4.98 Å². The highest BCUT2D eigenvalue weighted by atomic mass is 16.2. The number of hydrogen-bond donors (Lipinski definition) is 1. The quantitative estimate of drug-likeness (QED) is 0.657. The van der Waals surface area contributed by atoms with E-state index in [0.717, 1.165) is 43.8 Å². The summed E-state index contributed by atoms with van der Waals surface area (Å²) >= 11 is 0. The minimum Gasteiger partial charge on any atom is -0.332 e. The molecule has 2 saturated heterocycles. The summed E-state index contributed by atoms with van der Waals surface area (Å²) in [6.45, 7) is 5.14. The monoisotopic (exact) mass is 443 g/mol. The molecule has 2 aromatic heterocycles. The Morgan fingerprint density at radius 3 is 2.67 bits per heavy atom. The molecule has 3 aromatic rings. The number of anilines is 1. The van der Waals surface area contributed by atoms with Crippen molar-refractivity contribution < 1.29 is 4.79 Å². The number of hydrogen-bond acceptors (Lipinski definition) is 4. The maximum Gasteiger partial charge on any atom is 0.242 e. The lowest BCUT2D eigenvalue weighted by atomic mass is 10.00. The summed E-state index contributed by atoms with van der Waals surface area (Å²) in [4.78, 5) is 22.2. The summed E-state index contributed by atoms with van der Waals surface area (Å²) in [7, 11) is 2.13. The Morgan fingerprint density at radius 2 is 1.88 bits per heavy atom. The third kappa shape index (κ3) is 3.65. The first-order chi connectivity index (χ1) is 16.1. The molecule has 5 heterocycles. The molecule has 1 aromatic carbocycles. The first kappa shape index (κ1) is 20.9. The van der Waals surface area contributed by atoms with Crippen LogP contribution in [0.1, 0.15) is 48.2 Å². The molecule has 1 amide bonds. The molecule has 33 heavy (non-hydrogen) atoms. The molecule has 1 N–H and O–H groups in total. The third-order valence-electron chi connectivity index (χ3n) is 7.94. The predicted molar refractivity (Wildman–Crippen MR) is 132 cm³/mol. The van der Waals surface area contributed by atoms with E-state index in [1.165, 1.54) is 40.6 Å². The van der Waals surface area contributed by atoms with Crippen LogP contribution in [0.15, 0.2) is 36.4 Å². The number of aromatic nitrogens is 2. The zero-order valence-corrected chi connectivity index (χ0v) is 19.7. The molecule has 0 spiro atoms. The van der Waals surface area contributed by atoms with Crippen molar-refractivity contribution in [1.82, 2.24) is 19.8 Å². The molecule has 3 aliphatic heterocycles. The van der Waals surface area contributed by atoms with Crippen LogP contribution in [0.3, 0.4) is 0 Å². The van der Waals surface area contributed by atoms with Gasteiger partial charge in [-0.1, -0.05) is 31.2 Å². The normalized spacial score (nSPS) is 22.8. The summed E-state index contributed by atoms with van der Waals surface area (Å²) in [5.74, 6) is 0.937. The molecule has 2 atom stereocenters. The zero-order valence-electron chi connectivity index (χ0n) is 19.7. The Bertz CT molecular complexity index is 1200. The van der Waals surface area contributed by atoms with Gasteiger partial charge in [-0.25, -0.2) is 4.98 Å². The lowest BCUT2D eigenvalue weighted by molar-refractivity contribution is -0.121. The first-order valence-electron chi connectivity index (χ1n) is 12.5. The third-order valence-corrected chi connectivity index (χ3v) is 7.94. The molecular formula is C27H33N5O. The lowest BCUT2D eigenvalue weighted by Gasteiger charge is -2.33. The summed E-state index contributed by atoms with van der Waals surface area (Å²) in [5, 5.41) is 5.00. The number of benzene rings is 1. The van der Waals surface area contributed by atoms with Gasteiger partial charge in [0.25, 0.3) is 0 Å². The SMILES string of the molecule is CCc1ccc(CCN2CCN(c3ccc4c5c(n(C)c4n3)CC3CCC5N3)C(=O)C2)cc1. The van der Waals surface area contributed by atoms with E-state index in [0.29, 0.717) is 25.2 Å². The van der Waals surface area contributed by atoms with E-state index in [1.807, 2.05) is 11.0 Å². The second kappa shape index (κ2) is 8.26. The molecule has 0 radical (unpaired) electrons. The van der Waals surface area contributed by atoms with Crippen LogP contribution in [0.5, 0.6) is 0 Å². The molecule has 0 aliphatic carbocycles. The van der Waals surface area contributed by atoms with E-state index in [1.54, 1.807) is 0 Å². The van der Waals surface area contributed by atoms with E-state index < -0.39 is 0 Å². The van der Waals surface area contributed by atoms with Crippen molar-refractivity contribution in [3.05, 3.63) is 58.8 Å². The standard InChI is InChI=1S/C27H33N5O/c1-3-18-4-6-19(7-5-18)12-13-31-14-15-32(25(33)17-31)24-11-9-21-26-22-10-8-20(28-22)16-23(26)30(2)27(21)29-24/h4-7,9,11,20,22,28H,3,8,10,12-17H2,1-2H3. The van der Waals surface area contributed by atoms with Crippen molar-refractivity contribution >= 4 is 22.8 Å². The molecule has 2 unspecified atom stereocenters. The van der Waals surface area contributed by atoms with E-state index >= 15 is 0 Å². The minimum absolute atomic E-state index is 0.147. The van der Waals surface area contributed by atoms with Crippen LogP contribution in [0.2, 0.25) is 0 Å². The minimum atomic E-state index is 0.147. The Hall–Kier alpha value is -2.70. The van der Waals surface area contributed by atoms with Crippen molar-refractivity contribution in [2.24, 2.45) is 7.05 Å². The van der Waals surface area contributed by atoms with Gasteiger partial charge in [0, 0.05) is 56.3 Å². The zero-order chi connectivity index (χ0) is 22.5. The van der Waals surface area contributed by atoms with E-state index in [-0.39, 0.29) is 5.91 Å². The van der Waals surface area contributed by atoms with Gasteiger partial charge < -0.3 is 9.88 Å². The number of pyridine rings is 1. The molecule has 6 heteroatoms. The highest BCUT2D eigenvalue weighted by molar-refractivity contribution is 5.96. The van der Waals surface area contributed by atoms with Gasteiger partial charge in [0.05, 0.1) is 6.54 Å². The van der Waals surface area contributed by atoms with Gasteiger partial charge in [0.2, 0.25) is 5.91 Å². The topological polar surface area (TPSA) is 53.4 Å². The highest BCUT2D eigenvalue weighted by Gasteiger charge is 2.36. The Morgan fingerprint density at radius 1 is 1.06 bits per heavy atom. The van der Waals surface area contributed by atoms with Crippen LogP contribution in [-0.4, -0.2) is 52.6 Å². The van der Waals surface area contributed by atoms with E-state index in [2.05, 4.69) is 59.1 Å². The summed E-state index contributed by atoms with van der Waals surface area (Å²) in [5.41, 5.74) is 6.57. The van der Waals surface area contributed by atoms with Gasteiger partial charge >= 0.3 is 0 Å². The molecular weight excluding hydrogens is 410 g/mol. The molecule has 6 nitrogen and oxygen atoms in total. The van der Waals surface area contributed by atoms with Crippen molar-refractivity contribution in [3.8, 4) is 0 Å². The van der Waals surface area contributed by atoms with Crippen LogP contribution >= 0.6 is 0 Å². The second-order valence-electron chi connectivity index (χ2n) is 9.90.